The van der Waals surface area contributed by atoms with E-state index in [0.717, 1.165) is 0 Å². The molecule has 0 aliphatic heterocycles. The van der Waals surface area contributed by atoms with E-state index in [1.54, 1.807) is 39.3 Å². The first-order valence-corrected chi connectivity index (χ1v) is 6.33. The van der Waals surface area contributed by atoms with Gasteiger partial charge in [-0.25, -0.2) is 0 Å². The van der Waals surface area contributed by atoms with Crippen LogP contribution in [-0.4, -0.2) is 39.3 Å². The Balaban J connectivity index is 2.60. The van der Waals surface area contributed by atoms with Crippen molar-refractivity contribution in [2.24, 2.45) is 0 Å². The van der Waals surface area contributed by atoms with Crippen LogP contribution >= 0.6 is 11.6 Å². The fourth-order valence-corrected chi connectivity index (χ4v) is 1.64. The minimum atomic E-state index is -0.401. The Labute approximate surface area is 118 Å². The average Bonchev–Trinajstić information content (AvgIpc) is 2.41. The molecule has 0 bridgehead atoms. The molecule has 0 aromatic heterocycles. The molecule has 1 unspecified atom stereocenters. The molecule has 0 saturated heterocycles. The highest BCUT2D eigenvalue weighted by atomic mass is 35.5. The van der Waals surface area contributed by atoms with E-state index in [9.17, 15) is 4.79 Å². The molecule has 0 aliphatic rings. The molecule has 0 aliphatic carbocycles. The molecular weight excluding hydrogens is 268 g/mol. The Kier molecular flexibility index (Phi) is 6.45. The van der Waals surface area contributed by atoms with Crippen LogP contribution < -0.4 is 15.4 Å². The monoisotopic (exact) mass is 286 g/mol. The second-order valence-corrected chi connectivity index (χ2v) is 4.40. The van der Waals surface area contributed by atoms with Crippen molar-refractivity contribution in [1.29, 1.82) is 0 Å². The van der Waals surface area contributed by atoms with Gasteiger partial charge in [-0.1, -0.05) is 11.6 Å². The summed E-state index contributed by atoms with van der Waals surface area (Å²) in [6.07, 6.45) is 0. The molecule has 0 spiro atoms. The first kappa shape index (κ1) is 15.6. The lowest BCUT2D eigenvalue weighted by Gasteiger charge is -2.16. The minimum Gasteiger partial charge on any atom is -0.497 e. The van der Waals surface area contributed by atoms with Crippen LogP contribution in [0.4, 0.5) is 5.69 Å². The van der Waals surface area contributed by atoms with Crippen molar-refractivity contribution in [3.8, 4) is 5.75 Å². The molecule has 6 heteroatoms. The van der Waals surface area contributed by atoms with E-state index < -0.39 is 6.04 Å². The molecule has 5 nitrogen and oxygen atoms in total. The summed E-state index contributed by atoms with van der Waals surface area (Å²) < 4.78 is 9.98. The molecule has 1 amide bonds. The number of anilines is 1. The van der Waals surface area contributed by atoms with Gasteiger partial charge in [0.05, 0.1) is 24.4 Å². The van der Waals surface area contributed by atoms with Crippen molar-refractivity contribution in [1.82, 2.24) is 5.32 Å². The molecule has 19 heavy (non-hydrogen) atoms. The third-order valence-corrected chi connectivity index (χ3v) is 2.87. The zero-order chi connectivity index (χ0) is 14.3. The highest BCUT2D eigenvalue weighted by Crippen LogP contribution is 2.27. The summed E-state index contributed by atoms with van der Waals surface area (Å²) in [6.45, 7) is 2.73. The standard InChI is InChI=1S/C13H19ClN2O3/c1-9(13(17)15-6-7-18-2)16-12-8-10(19-3)4-5-11(12)14/h4-5,8-9,16H,6-7H2,1-3H3,(H,15,17). The molecule has 0 heterocycles. The van der Waals surface area contributed by atoms with Crippen LogP contribution in [-0.2, 0) is 9.53 Å². The van der Waals surface area contributed by atoms with Crippen LogP contribution in [0.2, 0.25) is 5.02 Å². The molecule has 2 N–H and O–H groups in total. The van der Waals surface area contributed by atoms with Crippen LogP contribution in [0.25, 0.3) is 0 Å². The fraction of sp³-hybridized carbons (Fsp3) is 0.462. The summed E-state index contributed by atoms with van der Waals surface area (Å²) >= 11 is 6.06. The van der Waals surface area contributed by atoms with Gasteiger partial charge in [-0.3, -0.25) is 4.79 Å². The summed E-state index contributed by atoms with van der Waals surface area (Å²) in [6, 6.07) is 4.83. The van der Waals surface area contributed by atoms with Gasteiger partial charge in [0.2, 0.25) is 5.91 Å². The molecule has 1 atom stereocenters. The van der Waals surface area contributed by atoms with Crippen LogP contribution in [0.1, 0.15) is 6.92 Å². The summed E-state index contributed by atoms with van der Waals surface area (Å²) in [5, 5.41) is 6.34. The highest BCUT2D eigenvalue weighted by molar-refractivity contribution is 6.33. The quantitative estimate of drug-likeness (QED) is 0.752. The van der Waals surface area contributed by atoms with Gasteiger partial charge in [0.1, 0.15) is 11.8 Å². The molecule has 0 fully saturated rings. The molecule has 1 aromatic carbocycles. The van der Waals surface area contributed by atoms with Gasteiger partial charge in [0, 0.05) is 19.7 Å². The second kappa shape index (κ2) is 7.86. The lowest BCUT2D eigenvalue weighted by Crippen LogP contribution is -2.39. The summed E-state index contributed by atoms with van der Waals surface area (Å²) in [5.74, 6) is 0.565. The Morgan fingerprint density at radius 2 is 2.16 bits per heavy atom. The Hall–Kier alpha value is -1.46. The highest BCUT2D eigenvalue weighted by Gasteiger charge is 2.13. The number of hydrogen-bond donors (Lipinski definition) is 2. The van der Waals surface area contributed by atoms with Crippen molar-refractivity contribution in [2.45, 2.75) is 13.0 Å². The first-order valence-electron chi connectivity index (χ1n) is 5.95. The fourth-order valence-electron chi connectivity index (χ4n) is 1.47. The molecule has 106 valence electrons. The van der Waals surface area contributed by atoms with E-state index in [0.29, 0.717) is 29.6 Å². The average molecular weight is 287 g/mol. The SMILES string of the molecule is COCCNC(=O)C(C)Nc1cc(OC)ccc1Cl. The number of methoxy groups -OCH3 is 2. The van der Waals surface area contributed by atoms with E-state index in [2.05, 4.69) is 10.6 Å². The van der Waals surface area contributed by atoms with Gasteiger partial charge in [-0.15, -0.1) is 0 Å². The number of hydrogen-bond acceptors (Lipinski definition) is 4. The van der Waals surface area contributed by atoms with Crippen LogP contribution in [0.3, 0.4) is 0 Å². The lowest BCUT2D eigenvalue weighted by molar-refractivity contribution is -0.121. The number of carbonyl (C=O) groups is 1. The number of nitrogens with one attached hydrogen (secondary N) is 2. The van der Waals surface area contributed by atoms with E-state index in [1.807, 2.05) is 0 Å². The largest absolute Gasteiger partial charge is 0.497 e. The van der Waals surface area contributed by atoms with Crippen molar-refractivity contribution < 1.29 is 14.3 Å². The molecule has 1 rings (SSSR count). The molecule has 0 saturated carbocycles. The first-order chi connectivity index (χ1) is 9.08. The number of ether oxygens (including phenoxy) is 2. The van der Waals surface area contributed by atoms with Crippen LogP contribution in [0, 0.1) is 0 Å². The van der Waals surface area contributed by atoms with E-state index >= 15 is 0 Å². The van der Waals surface area contributed by atoms with Crippen molar-refractivity contribution in [2.75, 3.05) is 32.7 Å². The van der Waals surface area contributed by atoms with E-state index in [-0.39, 0.29) is 5.91 Å². The zero-order valence-corrected chi connectivity index (χ0v) is 12.1. The second-order valence-electron chi connectivity index (χ2n) is 4.00. The van der Waals surface area contributed by atoms with Crippen molar-refractivity contribution >= 4 is 23.2 Å². The summed E-state index contributed by atoms with van der Waals surface area (Å²) in [7, 11) is 3.16. The van der Waals surface area contributed by atoms with Gasteiger partial charge < -0.3 is 20.1 Å². The zero-order valence-electron chi connectivity index (χ0n) is 11.3. The van der Waals surface area contributed by atoms with E-state index in [1.165, 1.54) is 0 Å². The third-order valence-electron chi connectivity index (χ3n) is 2.54. The summed E-state index contributed by atoms with van der Waals surface area (Å²) in [5.41, 5.74) is 0.662. The van der Waals surface area contributed by atoms with Gasteiger partial charge >= 0.3 is 0 Å². The summed E-state index contributed by atoms with van der Waals surface area (Å²) in [4.78, 5) is 11.8. The number of benzene rings is 1. The Morgan fingerprint density at radius 3 is 2.79 bits per heavy atom. The van der Waals surface area contributed by atoms with Gasteiger partial charge in [0.15, 0.2) is 0 Å². The maximum Gasteiger partial charge on any atom is 0.242 e. The Bertz CT molecular complexity index is 426. The maximum atomic E-state index is 11.8. The predicted octanol–water partition coefficient (Wildman–Crippen LogP) is 1.91. The van der Waals surface area contributed by atoms with Crippen molar-refractivity contribution in [3.05, 3.63) is 23.2 Å². The topological polar surface area (TPSA) is 59.6 Å². The minimum absolute atomic E-state index is 0.115. The van der Waals surface area contributed by atoms with E-state index in [4.69, 9.17) is 21.1 Å². The lowest BCUT2D eigenvalue weighted by atomic mass is 10.2. The molecule has 0 radical (unpaired) electrons. The number of carbonyl (C=O) groups excluding carboxylic acids is 1. The number of halogens is 1. The normalized spacial score (nSPS) is 11.8. The molecular formula is C13H19ClN2O3. The smallest absolute Gasteiger partial charge is 0.242 e. The van der Waals surface area contributed by atoms with Crippen LogP contribution in [0.15, 0.2) is 18.2 Å². The predicted molar refractivity (Wildman–Crippen MR) is 76.0 cm³/mol. The molecule has 1 aromatic rings. The van der Waals surface area contributed by atoms with Crippen LogP contribution in [0.5, 0.6) is 5.75 Å². The van der Waals surface area contributed by atoms with Gasteiger partial charge in [-0.05, 0) is 19.1 Å². The Morgan fingerprint density at radius 1 is 1.42 bits per heavy atom. The third kappa shape index (κ3) is 4.96. The van der Waals surface area contributed by atoms with Gasteiger partial charge in [0.25, 0.3) is 0 Å². The van der Waals surface area contributed by atoms with Crippen molar-refractivity contribution in [3.63, 3.8) is 0 Å². The maximum absolute atomic E-state index is 11.8. The number of rotatable bonds is 7. The van der Waals surface area contributed by atoms with Gasteiger partial charge in [-0.2, -0.15) is 0 Å². The number of amides is 1.